The Hall–Kier alpha value is -5.36. The second-order valence-corrected chi connectivity index (χ2v) is 22.2. The van der Waals surface area contributed by atoms with E-state index in [1.807, 2.05) is 25.1 Å². The number of benzene rings is 1. The predicted octanol–water partition coefficient (Wildman–Crippen LogP) is 1.22. The van der Waals surface area contributed by atoms with Crippen LogP contribution in [0.2, 0.25) is 0 Å². The lowest BCUT2D eigenvalue weighted by Crippen LogP contribution is -3.15. The number of carboxylic acids is 1. The fourth-order valence-electron chi connectivity index (χ4n) is 17.5. The highest BCUT2D eigenvalue weighted by molar-refractivity contribution is 6.13. The minimum Gasteiger partial charge on any atom is -0.481 e. The summed E-state index contributed by atoms with van der Waals surface area (Å²) in [6.07, 6.45) is 7.93. The van der Waals surface area contributed by atoms with Crippen molar-refractivity contribution in [3.05, 3.63) is 71.3 Å². The lowest BCUT2D eigenvalue weighted by Gasteiger charge is -3.11. The van der Waals surface area contributed by atoms with Crippen molar-refractivity contribution in [3.63, 3.8) is 0 Å². The number of hydrogen-bond donors (Lipinski definition) is 6. The van der Waals surface area contributed by atoms with Crippen LogP contribution in [0.1, 0.15) is 76.2 Å². The zero-order valence-electron chi connectivity index (χ0n) is 37.9. The first kappa shape index (κ1) is 43.9. The molecule has 1 aromatic carbocycles. The van der Waals surface area contributed by atoms with Crippen molar-refractivity contribution in [2.24, 2.45) is 69.5 Å². The molecule has 68 heavy (non-hydrogen) atoms. The van der Waals surface area contributed by atoms with E-state index < -0.39 is 95.4 Å². The van der Waals surface area contributed by atoms with Gasteiger partial charge in [0.25, 0.3) is 11.8 Å². The van der Waals surface area contributed by atoms with Crippen LogP contribution in [0.25, 0.3) is 0 Å². The number of carbonyl (C=O) groups excluding carboxylic acids is 7. The molecule has 13 rings (SSSR count). The van der Waals surface area contributed by atoms with Crippen molar-refractivity contribution in [2.75, 3.05) is 19.7 Å². The van der Waals surface area contributed by atoms with Crippen LogP contribution in [0.4, 0.5) is 0 Å². The molecular formula is C51H56N4O13. The van der Waals surface area contributed by atoms with Crippen LogP contribution in [0, 0.1) is 69.5 Å². The number of fused-ring (bicyclic) bond motifs is 7. The summed E-state index contributed by atoms with van der Waals surface area (Å²) in [5, 5.41) is 40.1. The van der Waals surface area contributed by atoms with E-state index in [1.54, 1.807) is 12.2 Å². The molecule has 358 valence electrons. The molecule has 10 atom stereocenters. The number of allylic oxidation sites excluding steroid dienone is 4. The van der Waals surface area contributed by atoms with E-state index in [0.29, 0.717) is 48.3 Å². The van der Waals surface area contributed by atoms with E-state index in [-0.39, 0.29) is 60.3 Å². The summed E-state index contributed by atoms with van der Waals surface area (Å²) in [5.41, 5.74) is 0.160. The summed E-state index contributed by atoms with van der Waals surface area (Å²) in [4.78, 5) is 101. The van der Waals surface area contributed by atoms with Gasteiger partial charge in [-0.3, -0.25) is 43.3 Å². The molecule has 10 fully saturated rings. The highest BCUT2D eigenvalue weighted by Gasteiger charge is 3.09. The van der Waals surface area contributed by atoms with E-state index in [9.17, 15) is 53.7 Å². The van der Waals surface area contributed by atoms with Gasteiger partial charge in [-0.15, -0.1) is 0 Å². The van der Waals surface area contributed by atoms with E-state index in [1.165, 1.54) is 5.56 Å². The lowest BCUT2D eigenvalue weighted by molar-refractivity contribution is -0.624. The van der Waals surface area contributed by atoms with Crippen LogP contribution >= 0.6 is 0 Å². The van der Waals surface area contributed by atoms with Crippen LogP contribution in [0.15, 0.2) is 60.2 Å². The summed E-state index contributed by atoms with van der Waals surface area (Å²) in [6.45, 7) is 2.83. The van der Waals surface area contributed by atoms with Gasteiger partial charge in [-0.05, 0) is 109 Å². The molecule has 1 saturated heterocycles. The van der Waals surface area contributed by atoms with E-state index >= 15 is 0 Å². The molecule has 0 spiro atoms. The third-order valence-electron chi connectivity index (χ3n) is 19.9. The maximum Gasteiger partial charge on any atom is 0.303 e. The number of amides is 5. The minimum atomic E-state index is -1.43. The Balaban J connectivity index is 0.668. The van der Waals surface area contributed by atoms with Gasteiger partial charge in [-0.25, -0.2) is 0 Å². The van der Waals surface area contributed by atoms with Gasteiger partial charge in [0.05, 0.1) is 24.3 Å². The molecule has 2 aliphatic heterocycles. The van der Waals surface area contributed by atoms with E-state index in [0.717, 1.165) is 47.5 Å². The standard InChI is InChI=1S/C51H56N4O13/c1-47-15-13-26(57)17-25(47)7-8-27-28-18-32-51(31(59)22-56,48(28,2)20-30(58)38(27)47)68-46(67-32)24-5-3-23(4-6-24)19-49-39-42-40(49)44-41(49)43(39)50(42,44)54-45(66)29(9-12-37(64)65)53-34(61)21-52-33(60)14-16-55-35(62)10-11-36(55)63/h3-6,10-11,13,15,17,27-30,32,38-44,46,56,58H,7-9,12,14,16,18-22H2,1-2H3,(H,52,60)(H,53,61)(H,54,66)(H,64,65)/t27-,28-,29-,30-,32+,38+,39?,40?,41?,42?,43?,44?,46+,47-,48-,49?,50?,51+/m0/s1. The monoisotopic (exact) mass is 932 g/mol. The average molecular weight is 933 g/mol. The molecule has 0 radical (unpaired) electrons. The fourth-order valence-corrected chi connectivity index (χ4v) is 17.5. The maximum absolute atomic E-state index is 14.0. The number of ether oxygens (including phenoxy) is 2. The summed E-state index contributed by atoms with van der Waals surface area (Å²) in [6, 6.07) is 7.06. The number of nitrogens with one attached hydrogen (secondary N) is 3. The summed E-state index contributed by atoms with van der Waals surface area (Å²) in [7, 11) is 0. The number of ketones is 2. The molecule has 17 nitrogen and oxygen atoms in total. The van der Waals surface area contributed by atoms with Crippen molar-refractivity contribution in [1.29, 1.82) is 0 Å². The molecule has 0 bridgehead atoms. The molecule has 1 aromatic rings. The van der Waals surface area contributed by atoms with Crippen molar-refractivity contribution in [3.8, 4) is 0 Å². The van der Waals surface area contributed by atoms with Gasteiger partial charge in [0.1, 0.15) is 12.6 Å². The number of aliphatic carboxylic acids is 1. The zero-order chi connectivity index (χ0) is 47.6. The fraction of sp³-hybridized carbons (Fsp3) is 0.608. The number of hydrogen-bond acceptors (Lipinski definition) is 12. The van der Waals surface area contributed by atoms with Gasteiger partial charge in [0.2, 0.25) is 17.7 Å². The van der Waals surface area contributed by atoms with Crippen LogP contribution in [-0.2, 0) is 54.3 Å². The first-order chi connectivity index (χ1) is 32.4. The van der Waals surface area contributed by atoms with Crippen molar-refractivity contribution < 1.29 is 63.1 Å². The number of nitrogens with zero attached hydrogens (tertiary/aromatic N) is 1. The van der Waals surface area contributed by atoms with E-state index in [2.05, 4.69) is 35.0 Å². The Morgan fingerprint density at radius 3 is 2.25 bits per heavy atom. The molecule has 10 aliphatic carbocycles. The Bertz CT molecular complexity index is 2530. The number of aliphatic hydroxyl groups is 2. The molecule has 17 heteroatoms. The Kier molecular flexibility index (Phi) is 9.42. The SMILES string of the molecule is C[C@]12C=CC(=O)C=C1CC[C@@H]1[C@@H]2[C@@H](O)C[C@@]2(C)[C@H]1C[C@H]1O[C@@H](c3ccc(CC45C6C7C4C4C5C6C74NC(=O)[C@H](CCC(=O)O)NC(=O)CNC(=O)CCN4C(=O)C=CC4=O)cc3)O[C@]12C(=O)CO. The first-order valence-electron chi connectivity index (χ1n) is 24.3. The van der Waals surface area contributed by atoms with Gasteiger partial charge in [0.15, 0.2) is 23.5 Å². The number of imide groups is 1. The van der Waals surface area contributed by atoms with Gasteiger partial charge in [-0.2, -0.15) is 0 Å². The summed E-state index contributed by atoms with van der Waals surface area (Å²) >= 11 is 0. The summed E-state index contributed by atoms with van der Waals surface area (Å²) < 4.78 is 13.5. The first-order valence-corrected chi connectivity index (χ1v) is 24.3. The van der Waals surface area contributed by atoms with Crippen LogP contribution in [-0.4, -0.2) is 116 Å². The van der Waals surface area contributed by atoms with Crippen LogP contribution in [0.5, 0.6) is 0 Å². The number of carboxylic acid groups (broad SMARTS) is 1. The quantitative estimate of drug-likeness (QED) is 0.128. The second-order valence-electron chi connectivity index (χ2n) is 22.2. The van der Waals surface area contributed by atoms with Gasteiger partial charge < -0.3 is 40.7 Å². The molecule has 12 aliphatic rings. The predicted molar refractivity (Wildman–Crippen MR) is 234 cm³/mol. The normalized spacial score (nSPS) is 44.3. The number of carbonyl (C=O) groups is 8. The number of aliphatic hydroxyl groups excluding tert-OH is 2. The van der Waals surface area contributed by atoms with Crippen molar-refractivity contribution in [2.45, 2.75) is 101 Å². The molecule has 0 unspecified atom stereocenters. The molecule has 0 aromatic heterocycles. The minimum absolute atomic E-state index is 0.00140. The van der Waals surface area contributed by atoms with Crippen molar-refractivity contribution in [1.82, 2.24) is 20.9 Å². The second kappa shape index (κ2) is 14.6. The number of Topliss-reactive ketones (excluding diaryl/α,β-unsaturated/α-hetero) is 1. The average Bonchev–Trinajstić information content (AvgIpc) is 3.94. The molecule has 5 amide bonds. The van der Waals surface area contributed by atoms with Crippen LogP contribution < -0.4 is 16.0 Å². The third kappa shape index (κ3) is 5.36. The molecule has 6 N–H and O–H groups in total. The topological polar surface area (TPSA) is 255 Å². The highest BCUT2D eigenvalue weighted by atomic mass is 16.7. The highest BCUT2D eigenvalue weighted by Crippen LogP contribution is 3.07. The molecule has 9 saturated carbocycles. The molecule has 2 heterocycles. The van der Waals surface area contributed by atoms with Gasteiger partial charge in [-0.1, -0.05) is 49.8 Å². The van der Waals surface area contributed by atoms with Gasteiger partial charge >= 0.3 is 5.97 Å². The van der Waals surface area contributed by atoms with Gasteiger partial charge in [0, 0.05) is 53.8 Å². The van der Waals surface area contributed by atoms with E-state index in [4.69, 9.17) is 9.47 Å². The van der Waals surface area contributed by atoms with Crippen LogP contribution in [0.3, 0.4) is 0 Å². The Morgan fingerprint density at radius 2 is 1.59 bits per heavy atom. The maximum atomic E-state index is 14.0. The largest absolute Gasteiger partial charge is 0.481 e. The Morgan fingerprint density at radius 1 is 0.897 bits per heavy atom. The van der Waals surface area contributed by atoms with Crippen molar-refractivity contribution >= 4 is 47.1 Å². The molecular weight excluding hydrogens is 877 g/mol. The smallest absolute Gasteiger partial charge is 0.303 e. The number of rotatable bonds is 16. The zero-order valence-corrected chi connectivity index (χ0v) is 37.9. The lowest BCUT2D eigenvalue weighted by atomic mass is 8.94. The Labute approximate surface area is 391 Å². The summed E-state index contributed by atoms with van der Waals surface area (Å²) in [5.74, 6) is -1.92. The third-order valence-corrected chi connectivity index (χ3v) is 19.9.